The molecule has 0 spiro atoms. The lowest BCUT2D eigenvalue weighted by Crippen LogP contribution is -2.42. The van der Waals surface area contributed by atoms with Crippen LogP contribution < -0.4 is 5.43 Å². The Labute approximate surface area is 150 Å². The van der Waals surface area contributed by atoms with Gasteiger partial charge in [0.25, 0.3) is 5.91 Å². The van der Waals surface area contributed by atoms with Crippen molar-refractivity contribution >= 4 is 16.8 Å². The molecular weight excluding hydrogens is 328 g/mol. The summed E-state index contributed by atoms with van der Waals surface area (Å²) in [6.07, 6.45) is 0. The first kappa shape index (κ1) is 15.3. The number of amides is 1. The van der Waals surface area contributed by atoms with Gasteiger partial charge < -0.3 is 9.72 Å². The molecule has 5 nitrogen and oxygen atoms in total. The Bertz CT molecular complexity index is 1130. The van der Waals surface area contributed by atoms with Crippen molar-refractivity contribution in [3.63, 3.8) is 0 Å². The first-order valence-electron chi connectivity index (χ1n) is 8.72. The molecule has 2 aliphatic rings. The molecule has 26 heavy (non-hydrogen) atoms. The van der Waals surface area contributed by atoms with Crippen LogP contribution in [0.4, 0.5) is 0 Å². The normalized spacial score (nSPS) is 21.3. The molecule has 1 unspecified atom stereocenters. The second-order valence-corrected chi connectivity index (χ2v) is 7.07. The van der Waals surface area contributed by atoms with Gasteiger partial charge in [-0.3, -0.25) is 14.5 Å². The Kier molecular flexibility index (Phi) is 2.98. The van der Waals surface area contributed by atoms with Crippen LogP contribution in [0.5, 0.6) is 0 Å². The van der Waals surface area contributed by atoms with E-state index in [1.54, 1.807) is 4.90 Å². The van der Waals surface area contributed by atoms with Crippen LogP contribution in [0.25, 0.3) is 10.9 Å². The molecular formula is C21H18N2O3. The number of nitrogens with zero attached hydrogens (tertiary/aromatic N) is 1. The van der Waals surface area contributed by atoms with Gasteiger partial charge in [-0.1, -0.05) is 41.5 Å². The Morgan fingerprint density at radius 2 is 1.77 bits per heavy atom. The van der Waals surface area contributed by atoms with Crippen LogP contribution in [0.2, 0.25) is 0 Å². The maximum atomic E-state index is 13.4. The second-order valence-electron chi connectivity index (χ2n) is 7.07. The molecule has 1 N–H and O–H groups in total. The smallest absolute Gasteiger partial charge is 0.273 e. The lowest BCUT2D eigenvalue weighted by molar-refractivity contribution is -0.0309. The van der Waals surface area contributed by atoms with Crippen molar-refractivity contribution in [2.45, 2.75) is 19.6 Å². The van der Waals surface area contributed by atoms with E-state index in [9.17, 15) is 9.59 Å². The highest BCUT2D eigenvalue weighted by molar-refractivity contribution is 6.01. The van der Waals surface area contributed by atoms with Crippen LogP contribution in [0.3, 0.4) is 0 Å². The van der Waals surface area contributed by atoms with E-state index in [1.807, 2.05) is 56.3 Å². The zero-order chi connectivity index (χ0) is 18.1. The van der Waals surface area contributed by atoms with Crippen LogP contribution in [-0.2, 0) is 10.5 Å². The van der Waals surface area contributed by atoms with Crippen molar-refractivity contribution in [3.05, 3.63) is 80.6 Å². The second kappa shape index (κ2) is 5.05. The summed E-state index contributed by atoms with van der Waals surface area (Å²) in [5.74, 6) is -0.183. The van der Waals surface area contributed by atoms with E-state index in [1.165, 1.54) is 0 Å². The van der Waals surface area contributed by atoms with E-state index in [-0.39, 0.29) is 11.3 Å². The van der Waals surface area contributed by atoms with Gasteiger partial charge in [0.2, 0.25) is 5.72 Å². The quantitative estimate of drug-likeness (QED) is 0.737. The Morgan fingerprint density at radius 3 is 2.54 bits per heavy atom. The van der Waals surface area contributed by atoms with E-state index in [2.05, 4.69) is 4.98 Å². The molecule has 1 fully saturated rings. The van der Waals surface area contributed by atoms with Gasteiger partial charge in [-0.2, -0.15) is 0 Å². The highest BCUT2D eigenvalue weighted by atomic mass is 16.5. The van der Waals surface area contributed by atoms with Gasteiger partial charge in [-0.05, 0) is 26.0 Å². The molecule has 2 aromatic carbocycles. The average Bonchev–Trinajstić information content (AvgIpc) is 3.16. The third-order valence-electron chi connectivity index (χ3n) is 5.40. The minimum absolute atomic E-state index is 0.143. The van der Waals surface area contributed by atoms with Gasteiger partial charge in [0.05, 0.1) is 12.2 Å². The third-order valence-corrected chi connectivity index (χ3v) is 5.40. The standard InChI is InChI=1S/C21H18N2O3/c1-12-3-6-14(7-4-12)21-17-18(20(25)23(21)9-10-26-21)22-16-8-5-13(2)11-15(16)19(17)24/h3-8,11H,9-10H2,1-2H3,(H,22,24). The van der Waals surface area contributed by atoms with Crippen LogP contribution in [-0.4, -0.2) is 28.9 Å². The first-order chi connectivity index (χ1) is 12.5. The molecule has 1 amide bonds. The van der Waals surface area contributed by atoms with Gasteiger partial charge in [-0.25, -0.2) is 0 Å². The Morgan fingerprint density at radius 1 is 1.04 bits per heavy atom. The number of hydrogen-bond donors (Lipinski definition) is 1. The predicted octanol–water partition coefficient (Wildman–Crippen LogP) is 2.83. The molecule has 5 heteroatoms. The van der Waals surface area contributed by atoms with Gasteiger partial charge in [0, 0.05) is 23.0 Å². The third kappa shape index (κ3) is 1.78. The van der Waals surface area contributed by atoms with E-state index < -0.39 is 5.72 Å². The summed E-state index contributed by atoms with van der Waals surface area (Å²) in [7, 11) is 0. The molecule has 1 atom stereocenters. The number of carbonyl (C=O) groups is 1. The number of rotatable bonds is 1. The number of aromatic nitrogens is 1. The fraction of sp³-hybridized carbons (Fsp3) is 0.238. The summed E-state index contributed by atoms with van der Waals surface area (Å²) < 4.78 is 6.13. The molecule has 1 saturated heterocycles. The van der Waals surface area contributed by atoms with Crippen molar-refractivity contribution < 1.29 is 9.53 Å². The number of aryl methyl sites for hydroxylation is 2. The van der Waals surface area contributed by atoms with Crippen LogP contribution >= 0.6 is 0 Å². The number of aromatic amines is 1. The number of hydrogen-bond acceptors (Lipinski definition) is 3. The van der Waals surface area contributed by atoms with E-state index >= 15 is 0 Å². The lowest BCUT2D eigenvalue weighted by atomic mass is 9.93. The summed E-state index contributed by atoms with van der Waals surface area (Å²) in [5, 5.41) is 0.584. The van der Waals surface area contributed by atoms with Crippen molar-refractivity contribution in [1.82, 2.24) is 9.88 Å². The SMILES string of the molecule is Cc1ccc(C23OCCN2C(=O)c2[nH]c4ccc(C)cc4c(=O)c23)cc1. The predicted molar refractivity (Wildman–Crippen MR) is 98.3 cm³/mol. The summed E-state index contributed by atoms with van der Waals surface area (Å²) >= 11 is 0. The monoisotopic (exact) mass is 346 g/mol. The van der Waals surface area contributed by atoms with Gasteiger partial charge in [0.15, 0.2) is 5.43 Å². The molecule has 1 aromatic heterocycles. The molecule has 0 bridgehead atoms. The number of benzene rings is 2. The maximum Gasteiger partial charge on any atom is 0.273 e. The number of nitrogens with one attached hydrogen (secondary N) is 1. The van der Waals surface area contributed by atoms with Crippen LogP contribution in [0.1, 0.15) is 32.7 Å². The number of ether oxygens (including phenoxy) is 1. The van der Waals surface area contributed by atoms with Gasteiger partial charge in [0.1, 0.15) is 5.69 Å². The molecule has 0 radical (unpaired) electrons. The summed E-state index contributed by atoms with van der Waals surface area (Å²) in [6, 6.07) is 13.5. The van der Waals surface area contributed by atoms with Crippen LogP contribution in [0.15, 0.2) is 47.3 Å². The Balaban J connectivity index is 1.89. The molecule has 0 aliphatic carbocycles. The zero-order valence-electron chi connectivity index (χ0n) is 14.6. The van der Waals surface area contributed by atoms with E-state index in [4.69, 9.17) is 4.74 Å². The van der Waals surface area contributed by atoms with E-state index in [0.717, 1.165) is 16.7 Å². The topological polar surface area (TPSA) is 62.4 Å². The average molecular weight is 346 g/mol. The fourth-order valence-electron chi connectivity index (χ4n) is 4.15. The minimum atomic E-state index is -1.13. The van der Waals surface area contributed by atoms with Crippen LogP contribution in [0, 0.1) is 13.8 Å². The summed E-state index contributed by atoms with van der Waals surface area (Å²) in [6.45, 7) is 4.82. The molecule has 130 valence electrons. The number of fused-ring (bicyclic) bond motifs is 4. The first-order valence-corrected chi connectivity index (χ1v) is 8.72. The maximum absolute atomic E-state index is 13.4. The molecule has 3 aromatic rings. The number of H-pyrrole nitrogens is 1. The largest absolute Gasteiger partial charge is 0.350 e. The highest BCUT2D eigenvalue weighted by Gasteiger charge is 2.57. The molecule has 5 rings (SSSR count). The summed E-state index contributed by atoms with van der Waals surface area (Å²) in [4.78, 5) is 31.4. The highest BCUT2D eigenvalue weighted by Crippen LogP contribution is 2.46. The van der Waals surface area contributed by atoms with Gasteiger partial charge in [-0.15, -0.1) is 0 Å². The number of pyridine rings is 1. The minimum Gasteiger partial charge on any atom is -0.350 e. The Hall–Kier alpha value is -2.92. The molecule has 3 heterocycles. The van der Waals surface area contributed by atoms with E-state index in [0.29, 0.717) is 35.3 Å². The van der Waals surface area contributed by atoms with Gasteiger partial charge >= 0.3 is 0 Å². The number of carbonyl (C=O) groups excluding carboxylic acids is 1. The molecule has 0 saturated carbocycles. The van der Waals surface area contributed by atoms with Crippen molar-refractivity contribution in [2.75, 3.05) is 13.2 Å². The van der Waals surface area contributed by atoms with Crippen molar-refractivity contribution in [1.29, 1.82) is 0 Å². The van der Waals surface area contributed by atoms with Crippen molar-refractivity contribution in [2.24, 2.45) is 0 Å². The summed E-state index contributed by atoms with van der Waals surface area (Å²) in [5.41, 5.74) is 3.07. The molecule has 2 aliphatic heterocycles. The lowest BCUT2D eigenvalue weighted by Gasteiger charge is -2.31. The zero-order valence-corrected chi connectivity index (χ0v) is 14.6. The fourth-order valence-corrected chi connectivity index (χ4v) is 4.15. The van der Waals surface area contributed by atoms with Crippen molar-refractivity contribution in [3.8, 4) is 0 Å².